The van der Waals surface area contributed by atoms with Gasteiger partial charge in [0.25, 0.3) is 17.6 Å². The molecule has 0 saturated carbocycles. The lowest BCUT2D eigenvalue weighted by Crippen LogP contribution is -2.40. The molecular weight excluding hydrogens is 693 g/mol. The highest BCUT2D eigenvalue weighted by Crippen LogP contribution is 2.26. The number of ether oxygens (including phenoxy) is 2. The van der Waals surface area contributed by atoms with Crippen LogP contribution < -0.4 is 19.6 Å². The van der Waals surface area contributed by atoms with Gasteiger partial charge in [0.1, 0.15) is 36.9 Å². The lowest BCUT2D eigenvalue weighted by molar-refractivity contribution is -0.163. The molecule has 13 heteroatoms. The van der Waals surface area contributed by atoms with Gasteiger partial charge in [0.2, 0.25) is 5.91 Å². The van der Waals surface area contributed by atoms with Crippen molar-refractivity contribution in [3.05, 3.63) is 125 Å². The second-order valence-corrected chi connectivity index (χ2v) is 14.0. The van der Waals surface area contributed by atoms with E-state index in [1.807, 2.05) is 43.3 Å². The Morgan fingerprint density at radius 3 is 2.00 bits per heavy atom. The van der Waals surface area contributed by atoms with Crippen LogP contribution >= 0.6 is 23.5 Å². The van der Waals surface area contributed by atoms with Crippen molar-refractivity contribution in [1.29, 1.82) is 0 Å². The lowest BCUT2D eigenvalue weighted by atomic mass is 10.1. The molecule has 4 amide bonds. The first-order valence-electron chi connectivity index (χ1n) is 16.1. The third-order valence-electron chi connectivity index (χ3n) is 8.02. The quantitative estimate of drug-likeness (QED) is 0.0951. The van der Waals surface area contributed by atoms with Gasteiger partial charge in [0.15, 0.2) is 5.75 Å². The average Bonchev–Trinajstić information content (AvgIpc) is 3.46. The zero-order valence-electron chi connectivity index (χ0n) is 28.0. The highest BCUT2D eigenvalue weighted by molar-refractivity contribution is 8.15. The van der Waals surface area contributed by atoms with Crippen LogP contribution in [0.1, 0.15) is 40.0 Å². The van der Waals surface area contributed by atoms with E-state index in [4.69, 9.17) is 14.3 Å². The number of aryl methyl sites for hydroxylation is 1. The van der Waals surface area contributed by atoms with Crippen LogP contribution in [0.25, 0.3) is 0 Å². The number of rotatable bonds is 17. The second kappa shape index (κ2) is 17.9. The minimum absolute atomic E-state index is 0.0831. The van der Waals surface area contributed by atoms with E-state index in [-0.39, 0.29) is 30.1 Å². The molecule has 1 aliphatic heterocycles. The summed E-state index contributed by atoms with van der Waals surface area (Å²) in [5.74, 6) is 0.411. The van der Waals surface area contributed by atoms with E-state index in [9.17, 15) is 29.4 Å². The van der Waals surface area contributed by atoms with Gasteiger partial charge in [-0.1, -0.05) is 78.0 Å². The molecule has 4 atom stereocenters. The normalized spacial score (nSPS) is 15.7. The number of hydrogen-bond acceptors (Lipinski definition) is 11. The maximum Gasteiger partial charge on any atom is 0.286 e. The highest BCUT2D eigenvalue weighted by atomic mass is 32.2. The summed E-state index contributed by atoms with van der Waals surface area (Å²) >= 11 is 2.25. The maximum absolute atomic E-state index is 13.3. The molecule has 4 aromatic rings. The Morgan fingerprint density at radius 1 is 0.863 bits per heavy atom. The molecule has 1 saturated heterocycles. The van der Waals surface area contributed by atoms with E-state index in [2.05, 4.69) is 5.32 Å². The Balaban J connectivity index is 1.11. The SMILES string of the molecule is CSC(Cc1ccc(OCC(O)c2cccc(C)c2)cc1)C(=O)N(C=O)Oc1cccc(C(O)COc2ccc(CC3SC(=O)NC3=O)cc2)c1. The van der Waals surface area contributed by atoms with Crippen molar-refractivity contribution in [3.63, 3.8) is 0 Å². The molecule has 0 aliphatic carbocycles. The van der Waals surface area contributed by atoms with Crippen LogP contribution in [-0.2, 0) is 27.2 Å². The van der Waals surface area contributed by atoms with Crippen molar-refractivity contribution in [1.82, 2.24) is 10.4 Å². The van der Waals surface area contributed by atoms with Crippen LogP contribution in [0, 0.1) is 6.92 Å². The summed E-state index contributed by atoms with van der Waals surface area (Å²) < 4.78 is 11.5. The molecule has 11 nitrogen and oxygen atoms in total. The Hall–Kier alpha value is -4.82. The van der Waals surface area contributed by atoms with Crippen molar-refractivity contribution < 1.29 is 43.7 Å². The molecule has 0 aromatic heterocycles. The van der Waals surface area contributed by atoms with Crippen LogP contribution in [0.2, 0.25) is 0 Å². The number of hydroxylamine groups is 2. The zero-order chi connectivity index (χ0) is 36.3. The number of nitrogens with zero attached hydrogens (tertiary/aromatic N) is 1. The fourth-order valence-corrected chi connectivity index (χ4v) is 6.77. The first-order chi connectivity index (χ1) is 24.6. The Bertz CT molecular complexity index is 1820. The van der Waals surface area contributed by atoms with E-state index in [1.165, 1.54) is 17.8 Å². The summed E-state index contributed by atoms with van der Waals surface area (Å²) in [5, 5.41) is 22.8. The van der Waals surface area contributed by atoms with Crippen LogP contribution in [-0.4, -0.2) is 68.7 Å². The highest BCUT2D eigenvalue weighted by Gasteiger charge is 2.31. The number of nitrogens with one attached hydrogen (secondary N) is 1. The van der Waals surface area contributed by atoms with E-state index < -0.39 is 28.6 Å². The third kappa shape index (κ3) is 10.6. The molecule has 1 fully saturated rings. The molecule has 4 unspecified atom stereocenters. The molecule has 0 spiro atoms. The average molecular weight is 731 g/mol. The topological polar surface area (TPSA) is 152 Å². The van der Waals surface area contributed by atoms with Gasteiger partial charge in [0.05, 0.1) is 10.5 Å². The minimum Gasteiger partial charge on any atom is -0.491 e. The first-order valence-corrected chi connectivity index (χ1v) is 18.3. The van der Waals surface area contributed by atoms with Crippen molar-refractivity contribution in [2.45, 2.75) is 42.5 Å². The van der Waals surface area contributed by atoms with E-state index >= 15 is 0 Å². The number of imide groups is 2. The third-order valence-corrected chi connectivity index (χ3v) is 9.94. The lowest BCUT2D eigenvalue weighted by Gasteiger charge is -2.22. The predicted octanol–water partition coefficient (Wildman–Crippen LogP) is 5.37. The monoisotopic (exact) mass is 730 g/mol. The summed E-state index contributed by atoms with van der Waals surface area (Å²) in [7, 11) is 0. The fourth-order valence-electron chi connectivity index (χ4n) is 5.24. The number of hydrogen-bond donors (Lipinski definition) is 3. The molecule has 266 valence electrons. The number of carbonyl (C=O) groups excluding carboxylic acids is 4. The summed E-state index contributed by atoms with van der Waals surface area (Å²) in [6.45, 7) is 1.97. The van der Waals surface area contributed by atoms with Gasteiger partial charge in [0, 0.05) is 0 Å². The second-order valence-electron chi connectivity index (χ2n) is 11.8. The van der Waals surface area contributed by atoms with E-state index in [0.717, 1.165) is 34.0 Å². The van der Waals surface area contributed by atoms with Gasteiger partial charge in [-0.15, -0.1) is 5.06 Å². The number of thioether (sulfide) groups is 2. The maximum atomic E-state index is 13.3. The summed E-state index contributed by atoms with van der Waals surface area (Å²) in [5.41, 5.74) is 3.99. The zero-order valence-corrected chi connectivity index (χ0v) is 29.6. The Morgan fingerprint density at radius 2 is 1.45 bits per heavy atom. The molecule has 3 N–H and O–H groups in total. The molecule has 4 aromatic carbocycles. The smallest absolute Gasteiger partial charge is 0.286 e. The van der Waals surface area contributed by atoms with Crippen LogP contribution in [0.4, 0.5) is 4.79 Å². The summed E-state index contributed by atoms with van der Waals surface area (Å²) in [6.07, 6.45) is 0.998. The predicted molar refractivity (Wildman–Crippen MR) is 195 cm³/mol. The number of amides is 4. The Labute approximate surface area is 304 Å². The largest absolute Gasteiger partial charge is 0.491 e. The van der Waals surface area contributed by atoms with Crippen molar-refractivity contribution in [2.24, 2.45) is 0 Å². The van der Waals surface area contributed by atoms with Gasteiger partial charge in [-0.3, -0.25) is 24.5 Å². The number of carbonyl (C=O) groups is 4. The molecule has 1 aliphatic rings. The van der Waals surface area contributed by atoms with Gasteiger partial charge in [-0.25, -0.2) is 0 Å². The first kappa shape index (κ1) is 37.4. The number of aliphatic hydroxyl groups is 2. The number of benzene rings is 4. The van der Waals surface area contributed by atoms with Crippen LogP contribution in [0.3, 0.4) is 0 Å². The molecular formula is C38H38N2O9S2. The summed E-state index contributed by atoms with van der Waals surface area (Å²) in [4.78, 5) is 54.2. The summed E-state index contributed by atoms with van der Waals surface area (Å²) in [6, 6.07) is 28.2. The van der Waals surface area contributed by atoms with Crippen LogP contribution in [0.15, 0.2) is 97.1 Å². The molecule has 0 bridgehead atoms. The molecule has 0 radical (unpaired) electrons. The number of aliphatic hydroxyl groups excluding tert-OH is 2. The molecule has 5 rings (SSSR count). The van der Waals surface area contributed by atoms with Crippen LogP contribution in [0.5, 0.6) is 17.2 Å². The van der Waals surface area contributed by atoms with E-state index in [1.54, 1.807) is 60.9 Å². The van der Waals surface area contributed by atoms with Crippen molar-refractivity contribution in [3.8, 4) is 17.2 Å². The van der Waals surface area contributed by atoms with Gasteiger partial charge in [-0.2, -0.15) is 11.8 Å². The molecule has 1 heterocycles. The fraction of sp³-hybridized carbons (Fsp3) is 0.263. The van der Waals surface area contributed by atoms with Gasteiger partial charge < -0.3 is 24.5 Å². The standard InChI is InChI=1S/C38H38N2O9S2/c1-24-5-3-6-27(17-24)32(42)21-47-30-15-11-26(12-16-30)19-35(50-2)37(45)40(23-41)49-31-8-4-7-28(20-31)33(43)22-48-29-13-9-25(10-14-29)18-34-36(44)39-38(46)51-34/h3-17,20,23,32-35,42-43H,18-19,21-22H2,1-2H3,(H,39,44,46). The van der Waals surface area contributed by atoms with Crippen molar-refractivity contribution in [2.75, 3.05) is 19.5 Å². The molecule has 51 heavy (non-hydrogen) atoms. The van der Waals surface area contributed by atoms with E-state index in [0.29, 0.717) is 41.4 Å². The minimum atomic E-state index is -1.05. The van der Waals surface area contributed by atoms with Gasteiger partial charge in [-0.05, 0) is 84.7 Å². The van der Waals surface area contributed by atoms with Gasteiger partial charge >= 0.3 is 0 Å². The Kier molecular flexibility index (Phi) is 13.1. The van der Waals surface area contributed by atoms with Crippen molar-refractivity contribution >= 4 is 47.0 Å².